The summed E-state index contributed by atoms with van der Waals surface area (Å²) in [6, 6.07) is 53.9. The molecule has 0 nitrogen and oxygen atoms in total. The Balaban J connectivity index is 1.51. The van der Waals surface area contributed by atoms with Crippen LogP contribution in [0.25, 0.3) is 86.9 Å². The van der Waals surface area contributed by atoms with Gasteiger partial charge in [-0.3, -0.25) is 0 Å². The van der Waals surface area contributed by atoms with Gasteiger partial charge in [0, 0.05) is 0 Å². The SMILES string of the molecule is c1ccc(-c2c3ccccc3c(-c3cc4ccc5cccc6ccc(c3)c4c56)c3c2ccc2ccccc23)cc1. The highest BCUT2D eigenvalue weighted by Crippen LogP contribution is 2.47. The first-order valence-corrected chi connectivity index (χ1v) is 13.9. The van der Waals surface area contributed by atoms with E-state index in [2.05, 4.69) is 146 Å². The van der Waals surface area contributed by atoms with Crippen molar-refractivity contribution in [3.8, 4) is 22.3 Å². The van der Waals surface area contributed by atoms with Crippen LogP contribution in [0, 0.1) is 0 Å². The molecule has 0 unspecified atom stereocenters. The lowest BCUT2D eigenvalue weighted by Crippen LogP contribution is -1.93. The molecule has 0 spiro atoms. The highest BCUT2D eigenvalue weighted by molar-refractivity contribution is 6.29. The van der Waals surface area contributed by atoms with Crippen molar-refractivity contribution in [1.82, 2.24) is 0 Å². The van der Waals surface area contributed by atoms with E-state index in [0.717, 1.165) is 0 Å². The van der Waals surface area contributed by atoms with Gasteiger partial charge in [0.05, 0.1) is 0 Å². The van der Waals surface area contributed by atoms with Crippen molar-refractivity contribution in [3.05, 3.63) is 146 Å². The Hall–Kier alpha value is -5.20. The lowest BCUT2D eigenvalue weighted by molar-refractivity contribution is 1.67. The fourth-order valence-corrected chi connectivity index (χ4v) is 7.06. The Morgan fingerprint density at radius 1 is 0.250 bits per heavy atom. The summed E-state index contributed by atoms with van der Waals surface area (Å²) >= 11 is 0. The highest BCUT2D eigenvalue weighted by atomic mass is 14.2. The molecular weight excluding hydrogens is 480 g/mol. The molecule has 0 saturated carbocycles. The summed E-state index contributed by atoms with van der Waals surface area (Å²) in [5.41, 5.74) is 5.13. The normalized spacial score (nSPS) is 12.0. The van der Waals surface area contributed by atoms with Crippen LogP contribution in [0.15, 0.2) is 146 Å². The molecule has 0 atom stereocenters. The van der Waals surface area contributed by atoms with Gasteiger partial charge in [0.15, 0.2) is 0 Å². The molecule has 0 radical (unpaired) electrons. The van der Waals surface area contributed by atoms with E-state index >= 15 is 0 Å². The quantitative estimate of drug-likeness (QED) is 0.162. The molecule has 0 aromatic heterocycles. The van der Waals surface area contributed by atoms with Gasteiger partial charge in [0.1, 0.15) is 0 Å². The zero-order valence-electron chi connectivity index (χ0n) is 21.9. The molecule has 0 aliphatic rings. The van der Waals surface area contributed by atoms with Crippen LogP contribution < -0.4 is 0 Å². The van der Waals surface area contributed by atoms with Gasteiger partial charge < -0.3 is 0 Å². The maximum atomic E-state index is 2.42. The first kappa shape index (κ1) is 21.7. The van der Waals surface area contributed by atoms with Gasteiger partial charge in [-0.15, -0.1) is 0 Å². The largest absolute Gasteiger partial charge is 0.0622 e. The van der Waals surface area contributed by atoms with Gasteiger partial charge in [0.25, 0.3) is 0 Å². The van der Waals surface area contributed by atoms with Crippen LogP contribution in [-0.4, -0.2) is 0 Å². The summed E-state index contributed by atoms with van der Waals surface area (Å²) in [6.45, 7) is 0. The average molecular weight is 505 g/mol. The van der Waals surface area contributed by atoms with E-state index in [1.165, 1.54) is 86.9 Å². The number of hydrogen-bond acceptors (Lipinski definition) is 0. The van der Waals surface area contributed by atoms with Crippen molar-refractivity contribution in [1.29, 1.82) is 0 Å². The molecule has 184 valence electrons. The molecule has 0 aliphatic carbocycles. The summed E-state index contributed by atoms with van der Waals surface area (Å²) in [7, 11) is 0. The van der Waals surface area contributed by atoms with E-state index in [1.807, 2.05) is 0 Å². The Morgan fingerprint density at radius 2 is 0.775 bits per heavy atom. The molecule has 0 aliphatic heterocycles. The second kappa shape index (κ2) is 8.15. The van der Waals surface area contributed by atoms with Crippen molar-refractivity contribution >= 4 is 64.6 Å². The van der Waals surface area contributed by atoms with Gasteiger partial charge in [-0.05, 0) is 99.0 Å². The van der Waals surface area contributed by atoms with Gasteiger partial charge in [-0.1, -0.05) is 133 Å². The zero-order chi connectivity index (χ0) is 26.2. The predicted octanol–water partition coefficient (Wildman–Crippen LogP) is 11.4. The topological polar surface area (TPSA) is 0 Å². The van der Waals surface area contributed by atoms with Crippen LogP contribution >= 0.6 is 0 Å². The summed E-state index contributed by atoms with van der Waals surface area (Å²) < 4.78 is 0. The molecule has 40 heavy (non-hydrogen) atoms. The van der Waals surface area contributed by atoms with Crippen molar-refractivity contribution in [3.63, 3.8) is 0 Å². The van der Waals surface area contributed by atoms with Gasteiger partial charge >= 0.3 is 0 Å². The fraction of sp³-hybridized carbons (Fsp3) is 0. The molecule has 0 N–H and O–H groups in total. The molecule has 9 rings (SSSR count). The van der Waals surface area contributed by atoms with Crippen LogP contribution in [0.4, 0.5) is 0 Å². The number of benzene rings is 9. The lowest BCUT2D eigenvalue weighted by Gasteiger charge is -2.20. The second-order valence-corrected chi connectivity index (χ2v) is 10.9. The maximum absolute atomic E-state index is 2.42. The minimum absolute atomic E-state index is 1.25. The fourth-order valence-electron chi connectivity index (χ4n) is 7.06. The van der Waals surface area contributed by atoms with Crippen molar-refractivity contribution in [2.45, 2.75) is 0 Å². The molecular formula is C40H24. The maximum Gasteiger partial charge on any atom is -0.00141 e. The number of hydrogen-bond donors (Lipinski definition) is 0. The minimum Gasteiger partial charge on any atom is -0.0622 e. The Morgan fingerprint density at radius 3 is 1.50 bits per heavy atom. The highest BCUT2D eigenvalue weighted by Gasteiger charge is 2.19. The van der Waals surface area contributed by atoms with Crippen LogP contribution in [0.2, 0.25) is 0 Å². The van der Waals surface area contributed by atoms with Crippen molar-refractivity contribution < 1.29 is 0 Å². The Labute approximate surface area is 232 Å². The van der Waals surface area contributed by atoms with E-state index in [1.54, 1.807) is 0 Å². The summed E-state index contributed by atoms with van der Waals surface area (Å²) in [4.78, 5) is 0. The summed E-state index contributed by atoms with van der Waals surface area (Å²) in [5.74, 6) is 0. The smallest absolute Gasteiger partial charge is 0.00141 e. The molecule has 0 saturated heterocycles. The first-order chi connectivity index (χ1) is 19.8. The molecule has 0 bridgehead atoms. The van der Waals surface area contributed by atoms with Crippen LogP contribution in [0.1, 0.15) is 0 Å². The van der Waals surface area contributed by atoms with E-state index in [0.29, 0.717) is 0 Å². The molecule has 0 heterocycles. The number of fused-ring (bicyclic) bond motifs is 4. The summed E-state index contributed by atoms with van der Waals surface area (Å²) in [5, 5.41) is 15.7. The predicted molar refractivity (Wildman–Crippen MR) is 174 cm³/mol. The third kappa shape index (κ3) is 2.96. The van der Waals surface area contributed by atoms with Gasteiger partial charge in [0.2, 0.25) is 0 Å². The van der Waals surface area contributed by atoms with E-state index in [9.17, 15) is 0 Å². The van der Waals surface area contributed by atoms with Crippen LogP contribution in [0.3, 0.4) is 0 Å². The summed E-state index contributed by atoms with van der Waals surface area (Å²) in [6.07, 6.45) is 0. The second-order valence-electron chi connectivity index (χ2n) is 10.9. The van der Waals surface area contributed by atoms with Crippen LogP contribution in [0.5, 0.6) is 0 Å². The Kier molecular flexibility index (Phi) is 4.42. The molecule has 0 heteroatoms. The van der Waals surface area contributed by atoms with E-state index < -0.39 is 0 Å². The first-order valence-electron chi connectivity index (χ1n) is 13.9. The zero-order valence-corrected chi connectivity index (χ0v) is 21.9. The van der Waals surface area contributed by atoms with Gasteiger partial charge in [-0.2, -0.15) is 0 Å². The lowest BCUT2D eigenvalue weighted by atomic mass is 9.83. The van der Waals surface area contributed by atoms with Gasteiger partial charge in [-0.25, -0.2) is 0 Å². The molecule has 9 aromatic carbocycles. The van der Waals surface area contributed by atoms with Crippen molar-refractivity contribution in [2.24, 2.45) is 0 Å². The Bertz CT molecular complexity index is 2350. The molecule has 0 amide bonds. The monoisotopic (exact) mass is 504 g/mol. The average Bonchev–Trinajstić information content (AvgIpc) is 3.02. The minimum atomic E-state index is 1.25. The molecule has 9 aromatic rings. The van der Waals surface area contributed by atoms with E-state index in [4.69, 9.17) is 0 Å². The van der Waals surface area contributed by atoms with Crippen LogP contribution in [-0.2, 0) is 0 Å². The van der Waals surface area contributed by atoms with Crippen molar-refractivity contribution in [2.75, 3.05) is 0 Å². The molecule has 0 fully saturated rings. The van der Waals surface area contributed by atoms with E-state index in [-0.39, 0.29) is 0 Å². The number of rotatable bonds is 2. The standard InChI is InChI=1S/C40H24/c1-2-10-26(11-3-1)38-33-15-6-7-16-34(33)39(40-32-14-5-4-9-25(32)21-22-35(38)40)31-23-29-19-17-27-12-8-13-28-18-20-30(24-31)37(29)36(27)28/h1-24H. The third-order valence-electron chi connectivity index (χ3n) is 8.73. The third-order valence-corrected chi connectivity index (χ3v) is 8.73.